The molecule has 8 heteroatoms. The molecule has 0 aliphatic heterocycles. The Hall–Kier alpha value is -2.54. The van der Waals surface area contributed by atoms with Gasteiger partial charge in [-0.25, -0.2) is 8.42 Å². The fourth-order valence-corrected chi connectivity index (χ4v) is 4.90. The number of aryl methyl sites for hydroxylation is 2. The third-order valence-electron chi connectivity index (χ3n) is 4.74. The minimum Gasteiger partial charge on any atom is -0.323 e. The Morgan fingerprint density at radius 1 is 1.00 bits per heavy atom. The van der Waals surface area contributed by atoms with Crippen LogP contribution in [0.1, 0.15) is 18.1 Å². The summed E-state index contributed by atoms with van der Waals surface area (Å²) in [6.45, 7) is 3.39. The maximum Gasteiger partial charge on any atom is 0.264 e. The van der Waals surface area contributed by atoms with Gasteiger partial charge in [0.05, 0.1) is 21.3 Å². The smallest absolute Gasteiger partial charge is 0.264 e. The summed E-state index contributed by atoms with van der Waals surface area (Å²) in [5.41, 5.74) is 2.52. The van der Waals surface area contributed by atoms with E-state index in [-0.39, 0.29) is 4.90 Å². The molecule has 0 saturated carbocycles. The number of carbonyl (C=O) groups excluding carboxylic acids is 1. The van der Waals surface area contributed by atoms with E-state index in [1.54, 1.807) is 36.4 Å². The second kappa shape index (κ2) is 9.73. The van der Waals surface area contributed by atoms with E-state index in [4.69, 9.17) is 23.2 Å². The second-order valence-electron chi connectivity index (χ2n) is 6.98. The van der Waals surface area contributed by atoms with E-state index in [1.807, 2.05) is 26.0 Å². The quantitative estimate of drug-likeness (QED) is 0.475. The Labute approximate surface area is 192 Å². The van der Waals surface area contributed by atoms with Gasteiger partial charge in [-0.2, -0.15) is 0 Å². The maximum absolute atomic E-state index is 13.5. The van der Waals surface area contributed by atoms with E-state index in [0.717, 1.165) is 15.4 Å². The molecule has 3 aromatic carbocycles. The van der Waals surface area contributed by atoms with Crippen molar-refractivity contribution in [2.45, 2.75) is 25.2 Å². The van der Waals surface area contributed by atoms with Gasteiger partial charge in [-0.3, -0.25) is 9.10 Å². The molecule has 3 aromatic rings. The average Bonchev–Trinajstić information content (AvgIpc) is 2.75. The van der Waals surface area contributed by atoms with Crippen molar-refractivity contribution in [1.29, 1.82) is 0 Å². The van der Waals surface area contributed by atoms with Gasteiger partial charge in [-0.05, 0) is 55.3 Å². The van der Waals surface area contributed by atoms with E-state index < -0.39 is 22.5 Å². The molecule has 3 rings (SSSR count). The predicted molar refractivity (Wildman–Crippen MR) is 127 cm³/mol. The number of amides is 1. The number of halogens is 2. The van der Waals surface area contributed by atoms with Gasteiger partial charge in [0.25, 0.3) is 10.0 Å². The first-order valence-corrected chi connectivity index (χ1v) is 11.8. The van der Waals surface area contributed by atoms with E-state index in [2.05, 4.69) is 5.32 Å². The van der Waals surface area contributed by atoms with Crippen LogP contribution in [0.25, 0.3) is 0 Å². The van der Waals surface area contributed by atoms with E-state index >= 15 is 0 Å². The van der Waals surface area contributed by atoms with Gasteiger partial charge in [0.1, 0.15) is 6.54 Å². The zero-order valence-corrected chi connectivity index (χ0v) is 19.4. The lowest BCUT2D eigenvalue weighted by molar-refractivity contribution is -0.114. The lowest BCUT2D eigenvalue weighted by Crippen LogP contribution is -2.38. The lowest BCUT2D eigenvalue weighted by Gasteiger charge is -2.26. The molecule has 0 bridgehead atoms. The molecular formula is C23H22Cl2N2O3S. The summed E-state index contributed by atoms with van der Waals surface area (Å²) in [5.74, 6) is -0.536. The summed E-state index contributed by atoms with van der Waals surface area (Å²) in [7, 11) is -4.00. The molecule has 0 heterocycles. The van der Waals surface area contributed by atoms with Crippen molar-refractivity contribution in [1.82, 2.24) is 0 Å². The number of anilines is 2. The Kier molecular flexibility index (Phi) is 7.26. The molecule has 31 heavy (non-hydrogen) atoms. The Balaban J connectivity index is 2.01. The second-order valence-corrected chi connectivity index (χ2v) is 9.69. The molecule has 0 aliphatic rings. The van der Waals surface area contributed by atoms with Gasteiger partial charge in [-0.1, -0.05) is 66.0 Å². The number of hydrogen-bond acceptors (Lipinski definition) is 3. The molecule has 162 valence electrons. The number of para-hydroxylation sites is 1. The highest BCUT2D eigenvalue weighted by Gasteiger charge is 2.28. The van der Waals surface area contributed by atoms with Crippen LogP contribution in [0.5, 0.6) is 0 Å². The monoisotopic (exact) mass is 476 g/mol. The number of carbonyl (C=O) groups is 1. The molecule has 0 aromatic heterocycles. The SMILES string of the molecule is CCc1ccccc1N(CC(=O)Nc1cc(Cl)ccc1Cl)S(=O)(=O)c1ccc(C)cc1. The molecule has 1 amide bonds. The van der Waals surface area contributed by atoms with Crippen LogP contribution in [0.2, 0.25) is 10.0 Å². The minimum absolute atomic E-state index is 0.109. The van der Waals surface area contributed by atoms with Gasteiger partial charge >= 0.3 is 0 Å². The molecule has 0 radical (unpaired) electrons. The number of rotatable bonds is 7. The standard InChI is InChI=1S/C23H22Cl2N2O3S/c1-3-17-6-4-5-7-22(17)27(31(29,30)19-11-8-16(2)9-12-19)15-23(28)26-21-14-18(24)10-13-20(21)25/h4-14H,3,15H2,1-2H3,(H,26,28). The molecular weight excluding hydrogens is 455 g/mol. The highest BCUT2D eigenvalue weighted by molar-refractivity contribution is 7.92. The van der Waals surface area contributed by atoms with Crippen LogP contribution in [0.3, 0.4) is 0 Å². The molecule has 0 unspecified atom stereocenters. The number of sulfonamides is 1. The first-order chi connectivity index (χ1) is 14.7. The fourth-order valence-electron chi connectivity index (χ4n) is 3.10. The van der Waals surface area contributed by atoms with Gasteiger partial charge in [-0.15, -0.1) is 0 Å². The van der Waals surface area contributed by atoms with E-state index in [9.17, 15) is 13.2 Å². The topological polar surface area (TPSA) is 66.5 Å². The van der Waals surface area contributed by atoms with Crippen LogP contribution in [0, 0.1) is 6.92 Å². The molecule has 0 spiro atoms. The van der Waals surface area contributed by atoms with Crippen molar-refractivity contribution >= 4 is 50.5 Å². The summed E-state index contributed by atoms with van der Waals surface area (Å²) < 4.78 is 28.2. The van der Waals surface area contributed by atoms with Gasteiger partial charge < -0.3 is 5.32 Å². The molecule has 5 nitrogen and oxygen atoms in total. The minimum atomic E-state index is -4.00. The Morgan fingerprint density at radius 3 is 2.35 bits per heavy atom. The normalized spacial score (nSPS) is 11.2. The molecule has 0 atom stereocenters. The van der Waals surface area contributed by atoms with Crippen molar-refractivity contribution in [2.24, 2.45) is 0 Å². The van der Waals surface area contributed by atoms with Crippen LogP contribution in [0.4, 0.5) is 11.4 Å². The third kappa shape index (κ3) is 5.39. The van der Waals surface area contributed by atoms with Crippen LogP contribution in [-0.4, -0.2) is 20.9 Å². The summed E-state index contributed by atoms with van der Waals surface area (Å²) in [6, 6.07) is 18.3. The van der Waals surface area contributed by atoms with Crippen molar-refractivity contribution in [3.05, 3.63) is 87.9 Å². The Morgan fingerprint density at radius 2 is 1.68 bits per heavy atom. The number of nitrogens with one attached hydrogen (secondary N) is 1. The molecule has 0 fully saturated rings. The fraction of sp³-hybridized carbons (Fsp3) is 0.174. The summed E-state index contributed by atoms with van der Waals surface area (Å²) in [6.07, 6.45) is 0.609. The zero-order valence-electron chi connectivity index (χ0n) is 17.1. The van der Waals surface area contributed by atoms with Crippen LogP contribution in [0.15, 0.2) is 71.6 Å². The maximum atomic E-state index is 13.5. The third-order valence-corrected chi connectivity index (χ3v) is 7.08. The highest BCUT2D eigenvalue weighted by Crippen LogP contribution is 2.29. The first kappa shape index (κ1) is 23.1. The Bertz CT molecular complexity index is 1200. The molecule has 0 saturated heterocycles. The van der Waals surface area contributed by atoms with E-state index in [1.165, 1.54) is 18.2 Å². The van der Waals surface area contributed by atoms with Crippen LogP contribution in [-0.2, 0) is 21.2 Å². The average molecular weight is 477 g/mol. The van der Waals surface area contributed by atoms with Gasteiger partial charge in [0.15, 0.2) is 0 Å². The van der Waals surface area contributed by atoms with Gasteiger partial charge in [0, 0.05) is 5.02 Å². The summed E-state index contributed by atoms with van der Waals surface area (Å²) >= 11 is 12.1. The summed E-state index contributed by atoms with van der Waals surface area (Å²) in [5, 5.41) is 3.37. The summed E-state index contributed by atoms with van der Waals surface area (Å²) in [4.78, 5) is 13.0. The zero-order chi connectivity index (χ0) is 22.6. The molecule has 1 N–H and O–H groups in total. The van der Waals surface area contributed by atoms with Crippen molar-refractivity contribution in [2.75, 3.05) is 16.2 Å². The predicted octanol–water partition coefficient (Wildman–Crippen LogP) is 5.70. The number of nitrogens with zero attached hydrogens (tertiary/aromatic N) is 1. The highest BCUT2D eigenvalue weighted by atomic mass is 35.5. The number of hydrogen-bond donors (Lipinski definition) is 1. The van der Waals surface area contributed by atoms with Gasteiger partial charge in [0.2, 0.25) is 5.91 Å². The largest absolute Gasteiger partial charge is 0.323 e. The van der Waals surface area contributed by atoms with E-state index in [0.29, 0.717) is 27.8 Å². The van der Waals surface area contributed by atoms with Crippen molar-refractivity contribution < 1.29 is 13.2 Å². The van der Waals surface area contributed by atoms with Crippen LogP contribution >= 0.6 is 23.2 Å². The number of benzene rings is 3. The first-order valence-electron chi connectivity index (χ1n) is 9.64. The molecule has 0 aliphatic carbocycles. The van der Waals surface area contributed by atoms with Crippen molar-refractivity contribution in [3.63, 3.8) is 0 Å². The lowest BCUT2D eigenvalue weighted by atomic mass is 10.1. The van der Waals surface area contributed by atoms with Crippen LogP contribution < -0.4 is 9.62 Å². The van der Waals surface area contributed by atoms with Crippen molar-refractivity contribution in [3.8, 4) is 0 Å².